The number of aromatic amines is 1. The lowest BCUT2D eigenvalue weighted by Crippen LogP contribution is -2.44. The van der Waals surface area contributed by atoms with Crippen LogP contribution in [0.1, 0.15) is 24.5 Å². The van der Waals surface area contributed by atoms with Gasteiger partial charge in [-0.25, -0.2) is 13.1 Å². The number of piperidine rings is 1. The largest absolute Gasteiger partial charge is 0.341 e. The van der Waals surface area contributed by atoms with E-state index in [1.54, 1.807) is 11.1 Å². The van der Waals surface area contributed by atoms with Crippen molar-refractivity contribution in [1.29, 1.82) is 0 Å². The first-order chi connectivity index (χ1) is 8.96. The van der Waals surface area contributed by atoms with E-state index in [0.29, 0.717) is 13.1 Å². The number of aromatic nitrogens is 2. The van der Waals surface area contributed by atoms with Crippen LogP contribution in [-0.2, 0) is 14.8 Å². The highest BCUT2D eigenvalue weighted by Crippen LogP contribution is 2.24. The molecule has 2 heterocycles. The number of carbonyl (C=O) groups is 1. The molecule has 0 aromatic carbocycles. The molecule has 106 valence electrons. The zero-order valence-electron chi connectivity index (χ0n) is 10.8. The molecule has 0 radical (unpaired) electrons. The number of sulfonamides is 1. The molecule has 1 atom stereocenters. The van der Waals surface area contributed by atoms with Crippen LogP contribution < -0.4 is 4.72 Å². The van der Waals surface area contributed by atoms with Crippen LogP contribution in [0.4, 0.5) is 0 Å². The zero-order chi connectivity index (χ0) is 13.9. The van der Waals surface area contributed by atoms with Gasteiger partial charge in [-0.3, -0.25) is 9.89 Å². The number of likely N-dealkylation sites (tertiary alicyclic amines) is 1. The van der Waals surface area contributed by atoms with Gasteiger partial charge in [0, 0.05) is 30.9 Å². The van der Waals surface area contributed by atoms with Crippen molar-refractivity contribution in [3.63, 3.8) is 0 Å². The summed E-state index contributed by atoms with van der Waals surface area (Å²) >= 11 is 0. The molecule has 1 fully saturated rings. The van der Waals surface area contributed by atoms with Crippen LogP contribution in [0.15, 0.2) is 12.3 Å². The maximum atomic E-state index is 11.9. The van der Waals surface area contributed by atoms with Gasteiger partial charge >= 0.3 is 0 Å². The van der Waals surface area contributed by atoms with Crippen molar-refractivity contribution in [1.82, 2.24) is 19.8 Å². The fraction of sp³-hybridized carbons (Fsp3) is 0.636. The minimum absolute atomic E-state index is 0.172. The minimum Gasteiger partial charge on any atom is -0.341 e. The highest BCUT2D eigenvalue weighted by Gasteiger charge is 2.25. The maximum Gasteiger partial charge on any atom is 0.237 e. The predicted octanol–water partition coefficient (Wildman–Crippen LogP) is -0.335. The van der Waals surface area contributed by atoms with E-state index in [-0.39, 0.29) is 18.4 Å². The van der Waals surface area contributed by atoms with Crippen LogP contribution in [0.3, 0.4) is 0 Å². The fourth-order valence-electron chi connectivity index (χ4n) is 2.26. The molecular formula is C11H18N4O3S. The summed E-state index contributed by atoms with van der Waals surface area (Å²) in [7, 11) is -3.33. The number of H-pyrrole nitrogens is 1. The average molecular weight is 286 g/mol. The van der Waals surface area contributed by atoms with Crippen LogP contribution in [0, 0.1) is 0 Å². The highest BCUT2D eigenvalue weighted by atomic mass is 32.2. The van der Waals surface area contributed by atoms with Crippen molar-refractivity contribution in [3.05, 3.63) is 18.0 Å². The smallest absolute Gasteiger partial charge is 0.237 e. The van der Waals surface area contributed by atoms with Gasteiger partial charge in [0.15, 0.2) is 0 Å². The fourth-order valence-corrected chi connectivity index (χ4v) is 2.64. The summed E-state index contributed by atoms with van der Waals surface area (Å²) in [6.07, 6.45) is 4.66. The SMILES string of the molecule is CS(=O)(=O)NCC(=O)N1CCCC(c2ccn[nH]2)C1. The molecule has 8 heteroatoms. The van der Waals surface area contributed by atoms with E-state index in [4.69, 9.17) is 0 Å². The topological polar surface area (TPSA) is 95.2 Å². The van der Waals surface area contributed by atoms with E-state index < -0.39 is 10.0 Å². The summed E-state index contributed by atoms with van der Waals surface area (Å²) in [5.74, 6) is 0.0630. The first-order valence-electron chi connectivity index (χ1n) is 6.17. The second kappa shape index (κ2) is 5.70. The molecule has 1 aliphatic rings. The molecule has 0 bridgehead atoms. The lowest BCUT2D eigenvalue weighted by molar-refractivity contribution is -0.131. The molecule has 2 rings (SSSR count). The van der Waals surface area contributed by atoms with Gasteiger partial charge in [0.05, 0.1) is 12.8 Å². The molecule has 1 saturated heterocycles. The van der Waals surface area contributed by atoms with Crippen LogP contribution in [0.25, 0.3) is 0 Å². The third-order valence-corrected chi connectivity index (χ3v) is 3.89. The Hall–Kier alpha value is -1.41. The molecule has 1 amide bonds. The normalized spacial score (nSPS) is 20.5. The van der Waals surface area contributed by atoms with Gasteiger partial charge in [0.25, 0.3) is 0 Å². The van der Waals surface area contributed by atoms with E-state index in [1.165, 1.54) is 0 Å². The van der Waals surface area contributed by atoms with Gasteiger partial charge in [0.1, 0.15) is 0 Å². The Morgan fingerprint density at radius 2 is 2.42 bits per heavy atom. The Morgan fingerprint density at radius 1 is 1.63 bits per heavy atom. The Labute approximate surface area is 112 Å². The Bertz CT molecular complexity index is 526. The van der Waals surface area contributed by atoms with Gasteiger partial charge in [-0.2, -0.15) is 5.10 Å². The van der Waals surface area contributed by atoms with Crippen molar-refractivity contribution in [2.24, 2.45) is 0 Å². The van der Waals surface area contributed by atoms with Gasteiger partial charge < -0.3 is 4.90 Å². The van der Waals surface area contributed by atoms with Crippen LogP contribution in [0.5, 0.6) is 0 Å². The van der Waals surface area contributed by atoms with E-state index >= 15 is 0 Å². The van der Waals surface area contributed by atoms with Crippen molar-refractivity contribution in [3.8, 4) is 0 Å². The van der Waals surface area contributed by atoms with E-state index in [2.05, 4.69) is 14.9 Å². The molecule has 0 spiro atoms. The minimum atomic E-state index is -3.33. The monoisotopic (exact) mass is 286 g/mol. The molecule has 1 aliphatic heterocycles. The van der Waals surface area contributed by atoms with E-state index in [1.807, 2.05) is 6.07 Å². The number of rotatable bonds is 4. The van der Waals surface area contributed by atoms with E-state index in [0.717, 1.165) is 24.8 Å². The molecule has 1 unspecified atom stereocenters. The predicted molar refractivity (Wildman–Crippen MR) is 70.0 cm³/mol. The Kier molecular flexibility index (Phi) is 4.20. The zero-order valence-corrected chi connectivity index (χ0v) is 11.6. The molecule has 19 heavy (non-hydrogen) atoms. The summed E-state index contributed by atoms with van der Waals surface area (Å²) in [5, 5.41) is 6.84. The molecule has 2 N–H and O–H groups in total. The lowest BCUT2D eigenvalue weighted by Gasteiger charge is -2.32. The number of hydrogen-bond donors (Lipinski definition) is 2. The quantitative estimate of drug-likeness (QED) is 0.792. The third-order valence-electron chi connectivity index (χ3n) is 3.22. The second-order valence-corrected chi connectivity index (χ2v) is 6.62. The van der Waals surface area contributed by atoms with E-state index in [9.17, 15) is 13.2 Å². The number of nitrogens with zero attached hydrogens (tertiary/aromatic N) is 2. The Morgan fingerprint density at radius 3 is 3.05 bits per heavy atom. The summed E-state index contributed by atoms with van der Waals surface area (Å²) in [6, 6.07) is 1.91. The molecule has 1 aromatic rings. The first-order valence-corrected chi connectivity index (χ1v) is 8.06. The molecule has 7 nitrogen and oxygen atoms in total. The van der Waals surface area contributed by atoms with Gasteiger partial charge in [-0.05, 0) is 18.9 Å². The lowest BCUT2D eigenvalue weighted by atomic mass is 9.95. The molecule has 0 aliphatic carbocycles. The van der Waals surface area contributed by atoms with Crippen LogP contribution in [0.2, 0.25) is 0 Å². The maximum absolute atomic E-state index is 11.9. The van der Waals surface area contributed by atoms with Crippen molar-refractivity contribution >= 4 is 15.9 Å². The third kappa shape index (κ3) is 4.03. The number of nitrogens with one attached hydrogen (secondary N) is 2. The second-order valence-electron chi connectivity index (χ2n) is 4.78. The summed E-state index contributed by atoms with van der Waals surface area (Å²) in [6.45, 7) is 1.11. The average Bonchev–Trinajstić information content (AvgIpc) is 2.89. The first kappa shape index (κ1) is 14.0. The Balaban J connectivity index is 1.92. The summed E-state index contributed by atoms with van der Waals surface area (Å²) in [4.78, 5) is 13.6. The number of amides is 1. The van der Waals surface area contributed by atoms with Gasteiger partial charge in [-0.15, -0.1) is 0 Å². The van der Waals surface area contributed by atoms with Crippen molar-refractivity contribution < 1.29 is 13.2 Å². The molecular weight excluding hydrogens is 268 g/mol. The van der Waals surface area contributed by atoms with Crippen LogP contribution in [-0.4, -0.2) is 55.3 Å². The van der Waals surface area contributed by atoms with Crippen molar-refractivity contribution in [2.75, 3.05) is 25.9 Å². The highest BCUT2D eigenvalue weighted by molar-refractivity contribution is 7.88. The van der Waals surface area contributed by atoms with Gasteiger partial charge in [-0.1, -0.05) is 0 Å². The molecule has 0 saturated carbocycles. The standard InChI is InChI=1S/C11H18N4O3S/c1-19(17,18)13-7-11(16)15-6-2-3-9(8-15)10-4-5-12-14-10/h4-5,9,13H,2-3,6-8H2,1H3,(H,12,14). The van der Waals surface area contributed by atoms with Gasteiger partial charge in [0.2, 0.25) is 15.9 Å². The summed E-state index contributed by atoms with van der Waals surface area (Å²) < 4.78 is 24.2. The number of hydrogen-bond acceptors (Lipinski definition) is 4. The van der Waals surface area contributed by atoms with Crippen LogP contribution >= 0.6 is 0 Å². The molecule has 1 aromatic heterocycles. The summed E-state index contributed by atoms with van der Waals surface area (Å²) in [5.41, 5.74) is 1.02. The number of carbonyl (C=O) groups excluding carboxylic acids is 1. The van der Waals surface area contributed by atoms with Crippen molar-refractivity contribution in [2.45, 2.75) is 18.8 Å².